The molecule has 1 aromatic carbocycles. The van der Waals surface area contributed by atoms with Gasteiger partial charge >= 0.3 is 5.97 Å². The van der Waals surface area contributed by atoms with Gasteiger partial charge in [0.25, 0.3) is 0 Å². The number of carbonyl (C=O) groups excluding carboxylic acids is 3. The summed E-state index contributed by atoms with van der Waals surface area (Å²) in [5.41, 5.74) is -2.09. The number of ether oxygens (including phenoxy) is 2. The summed E-state index contributed by atoms with van der Waals surface area (Å²) in [5, 5.41) is 10.6. The van der Waals surface area contributed by atoms with Crippen molar-refractivity contribution in [2.75, 3.05) is 19.8 Å². The van der Waals surface area contributed by atoms with Crippen molar-refractivity contribution in [2.45, 2.75) is 82.2 Å². The van der Waals surface area contributed by atoms with Crippen molar-refractivity contribution < 1.29 is 29.0 Å². The summed E-state index contributed by atoms with van der Waals surface area (Å²) >= 11 is 0. The first kappa shape index (κ1) is 27.6. The molecule has 2 amide bonds. The third-order valence-corrected chi connectivity index (χ3v) is 8.67. The molecule has 6 atom stereocenters. The molecule has 39 heavy (non-hydrogen) atoms. The van der Waals surface area contributed by atoms with E-state index in [2.05, 4.69) is 0 Å². The lowest BCUT2D eigenvalue weighted by Gasteiger charge is -2.43. The number of nitrogens with zero attached hydrogens (tertiary/aromatic N) is 2. The summed E-state index contributed by atoms with van der Waals surface area (Å²) in [5.74, 6) is -2.99. The number of amides is 2. The van der Waals surface area contributed by atoms with E-state index in [4.69, 9.17) is 9.47 Å². The van der Waals surface area contributed by atoms with Crippen LogP contribution in [-0.4, -0.2) is 81.3 Å². The van der Waals surface area contributed by atoms with E-state index < -0.39 is 46.6 Å². The molecular weight excluding hydrogens is 496 g/mol. The number of hydrogen-bond acceptors (Lipinski definition) is 6. The van der Waals surface area contributed by atoms with Gasteiger partial charge in [0.1, 0.15) is 17.6 Å². The normalized spacial score (nSPS) is 34.6. The number of cyclic esters (lactones) is 1. The van der Waals surface area contributed by atoms with Crippen LogP contribution in [0.15, 0.2) is 54.6 Å². The Morgan fingerprint density at radius 3 is 2.46 bits per heavy atom. The largest absolute Gasteiger partial charge is 0.465 e. The summed E-state index contributed by atoms with van der Waals surface area (Å²) < 4.78 is 12.6. The molecule has 0 bridgehead atoms. The average Bonchev–Trinajstić information content (AvgIpc) is 3.21. The van der Waals surface area contributed by atoms with Gasteiger partial charge in [-0.1, -0.05) is 54.6 Å². The van der Waals surface area contributed by atoms with Gasteiger partial charge in [-0.2, -0.15) is 0 Å². The molecule has 1 unspecified atom stereocenters. The van der Waals surface area contributed by atoms with E-state index in [1.54, 1.807) is 4.90 Å². The minimum Gasteiger partial charge on any atom is -0.465 e. The molecule has 8 nitrogen and oxygen atoms in total. The number of hydrogen-bond donors (Lipinski definition) is 1. The Morgan fingerprint density at radius 2 is 1.77 bits per heavy atom. The molecule has 4 aliphatic heterocycles. The van der Waals surface area contributed by atoms with Gasteiger partial charge in [0, 0.05) is 12.1 Å². The third-order valence-electron chi connectivity index (χ3n) is 8.67. The fraction of sp³-hybridized carbons (Fsp3) is 0.581. The number of aliphatic hydroxyl groups is 1. The number of fused-ring (bicyclic) bond motifs is 2. The van der Waals surface area contributed by atoms with E-state index in [9.17, 15) is 19.5 Å². The Balaban J connectivity index is 1.66. The third kappa shape index (κ3) is 4.61. The first-order valence-corrected chi connectivity index (χ1v) is 14.0. The van der Waals surface area contributed by atoms with Crippen LogP contribution in [0.25, 0.3) is 0 Å². The Bertz CT molecular complexity index is 1170. The zero-order valence-electron chi connectivity index (χ0n) is 23.3. The molecule has 4 aliphatic rings. The lowest BCUT2D eigenvalue weighted by atomic mass is 9.74. The Labute approximate surface area is 230 Å². The van der Waals surface area contributed by atoms with Crippen LogP contribution in [-0.2, 0) is 30.3 Å². The maximum atomic E-state index is 14.5. The predicted octanol–water partition coefficient (Wildman–Crippen LogP) is 3.04. The lowest BCUT2D eigenvalue weighted by molar-refractivity contribution is -0.162. The number of carbonyl (C=O) groups is 3. The molecule has 0 saturated carbocycles. The van der Waals surface area contributed by atoms with Crippen LogP contribution in [0.5, 0.6) is 0 Å². The number of rotatable bonds is 4. The van der Waals surface area contributed by atoms with Crippen LogP contribution < -0.4 is 0 Å². The molecular formula is C31H40N2O6. The van der Waals surface area contributed by atoms with E-state index in [1.807, 2.05) is 82.3 Å². The Morgan fingerprint density at radius 1 is 1.03 bits per heavy atom. The van der Waals surface area contributed by atoms with Gasteiger partial charge in [0.2, 0.25) is 11.8 Å². The highest BCUT2D eigenvalue weighted by Crippen LogP contribution is 2.57. The summed E-state index contributed by atoms with van der Waals surface area (Å²) in [6, 6.07) is 7.88. The average molecular weight is 537 g/mol. The highest BCUT2D eigenvalue weighted by molar-refractivity contribution is 5.99. The molecule has 1 aromatic rings. The van der Waals surface area contributed by atoms with Crippen LogP contribution in [0.3, 0.4) is 0 Å². The van der Waals surface area contributed by atoms with Crippen molar-refractivity contribution in [1.29, 1.82) is 0 Å². The lowest BCUT2D eigenvalue weighted by Crippen LogP contribution is -2.61. The number of aliphatic hydroxyl groups excluding tert-OH is 1. The van der Waals surface area contributed by atoms with Crippen LogP contribution in [0.2, 0.25) is 0 Å². The maximum absolute atomic E-state index is 14.5. The fourth-order valence-electron chi connectivity index (χ4n) is 6.87. The Kier molecular flexibility index (Phi) is 7.22. The second-order valence-corrected chi connectivity index (χ2v) is 12.4. The van der Waals surface area contributed by atoms with Crippen molar-refractivity contribution in [2.24, 2.45) is 11.8 Å². The van der Waals surface area contributed by atoms with Gasteiger partial charge in [0.15, 0.2) is 0 Å². The van der Waals surface area contributed by atoms with Crippen LogP contribution in [0.1, 0.15) is 52.5 Å². The van der Waals surface area contributed by atoms with Crippen LogP contribution in [0, 0.1) is 11.8 Å². The van der Waals surface area contributed by atoms with Gasteiger partial charge < -0.3 is 24.4 Å². The molecule has 210 valence electrons. The van der Waals surface area contributed by atoms with Crippen molar-refractivity contribution in [3.63, 3.8) is 0 Å². The summed E-state index contributed by atoms with van der Waals surface area (Å²) in [6.07, 6.45) is 10.4. The zero-order chi connectivity index (χ0) is 28.0. The first-order chi connectivity index (χ1) is 18.5. The van der Waals surface area contributed by atoms with Crippen LogP contribution >= 0.6 is 0 Å². The van der Waals surface area contributed by atoms with Gasteiger partial charge in [-0.25, -0.2) is 0 Å². The van der Waals surface area contributed by atoms with Crippen molar-refractivity contribution >= 4 is 17.8 Å². The van der Waals surface area contributed by atoms with Crippen molar-refractivity contribution in [3.05, 3.63) is 60.2 Å². The second kappa shape index (κ2) is 10.2. The second-order valence-electron chi connectivity index (χ2n) is 12.4. The van der Waals surface area contributed by atoms with Gasteiger partial charge in [-0.15, -0.1) is 0 Å². The maximum Gasteiger partial charge on any atom is 0.313 e. The number of esters is 1. The molecule has 0 aromatic heterocycles. The topological polar surface area (TPSA) is 96.4 Å². The molecule has 4 heterocycles. The van der Waals surface area contributed by atoms with E-state index in [0.717, 1.165) is 24.8 Å². The molecule has 1 spiro atoms. The van der Waals surface area contributed by atoms with E-state index in [0.29, 0.717) is 13.0 Å². The predicted molar refractivity (Wildman–Crippen MR) is 145 cm³/mol. The monoisotopic (exact) mass is 536 g/mol. The quantitative estimate of drug-likeness (QED) is 0.470. The molecule has 8 heteroatoms. The van der Waals surface area contributed by atoms with E-state index >= 15 is 0 Å². The standard InChI is InChI=1S/C31H40N2O6/c1-29(2,3)32-17-12-16-31-23(24-28(37)38-18-11-6-5-10-15-30(24,4)39-31)26(35)33(25(31)27(32)36)22(20-34)19-21-13-8-7-9-14-21/h7-10,12-16,22-25,34H,5-6,11,17-20H2,1-4H3/b15-10-/t22-,23+,24-,25?,30+,31+/m1/s1. The van der Waals surface area contributed by atoms with E-state index in [-0.39, 0.29) is 25.0 Å². The highest BCUT2D eigenvalue weighted by atomic mass is 16.6. The fourth-order valence-corrected chi connectivity index (χ4v) is 6.87. The van der Waals surface area contributed by atoms with Crippen LogP contribution in [0.4, 0.5) is 0 Å². The molecule has 0 radical (unpaired) electrons. The summed E-state index contributed by atoms with van der Waals surface area (Å²) in [7, 11) is 0. The van der Waals surface area contributed by atoms with Crippen molar-refractivity contribution in [3.8, 4) is 0 Å². The number of allylic oxidation sites excluding steroid dienone is 1. The smallest absolute Gasteiger partial charge is 0.313 e. The van der Waals surface area contributed by atoms with Gasteiger partial charge in [-0.05, 0) is 58.9 Å². The highest BCUT2D eigenvalue weighted by Gasteiger charge is 2.75. The summed E-state index contributed by atoms with van der Waals surface area (Å²) in [4.78, 5) is 45.9. The Hall–Kier alpha value is -2.97. The van der Waals surface area contributed by atoms with Gasteiger partial charge in [-0.3, -0.25) is 14.4 Å². The zero-order valence-corrected chi connectivity index (χ0v) is 23.3. The molecule has 0 aliphatic carbocycles. The van der Waals surface area contributed by atoms with E-state index in [1.165, 1.54) is 4.90 Å². The first-order valence-electron chi connectivity index (χ1n) is 14.0. The molecule has 2 saturated heterocycles. The number of likely N-dealkylation sites (tertiary alicyclic amines) is 1. The summed E-state index contributed by atoms with van der Waals surface area (Å²) in [6.45, 7) is 7.99. The number of benzene rings is 1. The van der Waals surface area contributed by atoms with Gasteiger partial charge in [0.05, 0.1) is 30.8 Å². The minimum absolute atomic E-state index is 0.250. The molecule has 2 fully saturated rings. The molecule has 1 N–H and O–H groups in total. The SMILES string of the molecule is CC(C)(C)N1CC=C[C@]23O[C@@]4(C)/C=C\CCCCOC(=O)[C@H]4[C@H]2C(=O)N([C@@H](CO)Cc2ccccc2)C3C1=O. The molecule has 5 rings (SSSR count). The van der Waals surface area contributed by atoms with Crippen molar-refractivity contribution in [1.82, 2.24) is 9.80 Å². The minimum atomic E-state index is -1.38.